The molecule has 0 aliphatic carbocycles. The third kappa shape index (κ3) is 3.86. The van der Waals surface area contributed by atoms with Crippen LogP contribution in [0.15, 0.2) is 62.3 Å². The predicted octanol–water partition coefficient (Wildman–Crippen LogP) is 2.87. The number of hydrogen-bond donors (Lipinski definition) is 0. The van der Waals surface area contributed by atoms with Crippen LogP contribution in [0.2, 0.25) is 0 Å². The minimum Gasteiger partial charge on any atom is -0.408 e. The highest BCUT2D eigenvalue weighted by atomic mass is 19.1. The lowest BCUT2D eigenvalue weighted by molar-refractivity contribution is -0.130. The summed E-state index contributed by atoms with van der Waals surface area (Å²) in [5, 5.41) is 4.01. The highest BCUT2D eigenvalue weighted by Crippen LogP contribution is 2.23. The Hall–Kier alpha value is -3.75. The van der Waals surface area contributed by atoms with Crippen LogP contribution in [-0.4, -0.2) is 38.6 Å². The maximum Gasteiger partial charge on any atom is 0.420 e. The van der Waals surface area contributed by atoms with Crippen molar-refractivity contribution in [2.75, 3.05) is 13.1 Å². The Morgan fingerprint density at radius 3 is 2.81 bits per heavy atom. The SMILES string of the molecule is O=C(Cn1c(=O)oc2ccccc21)N1CCC(Cc2noc(-c3ccc(F)cc3)n2)C1. The van der Waals surface area contributed by atoms with Crippen molar-refractivity contribution in [3.63, 3.8) is 0 Å². The fraction of sp³-hybridized carbons (Fsp3) is 0.273. The molecule has 0 saturated carbocycles. The zero-order valence-corrected chi connectivity index (χ0v) is 16.5. The lowest BCUT2D eigenvalue weighted by Crippen LogP contribution is -2.34. The van der Waals surface area contributed by atoms with Gasteiger partial charge >= 0.3 is 5.76 Å². The van der Waals surface area contributed by atoms with E-state index in [4.69, 9.17) is 8.94 Å². The summed E-state index contributed by atoms with van der Waals surface area (Å²) < 4.78 is 24.9. The van der Waals surface area contributed by atoms with Crippen LogP contribution in [0.3, 0.4) is 0 Å². The molecule has 9 heteroatoms. The molecule has 8 nitrogen and oxygen atoms in total. The summed E-state index contributed by atoms with van der Waals surface area (Å²) >= 11 is 0. The molecule has 158 valence electrons. The summed E-state index contributed by atoms with van der Waals surface area (Å²) in [6.45, 7) is 1.11. The van der Waals surface area contributed by atoms with Crippen molar-refractivity contribution in [3.05, 3.63) is 70.7 Å². The van der Waals surface area contributed by atoms with Crippen LogP contribution in [0, 0.1) is 11.7 Å². The lowest BCUT2D eigenvalue weighted by Gasteiger charge is -2.16. The summed E-state index contributed by atoms with van der Waals surface area (Å²) in [6.07, 6.45) is 1.39. The Morgan fingerprint density at radius 1 is 1.16 bits per heavy atom. The van der Waals surface area contributed by atoms with Gasteiger partial charge in [-0.25, -0.2) is 9.18 Å². The number of fused-ring (bicyclic) bond motifs is 1. The van der Waals surface area contributed by atoms with Crippen molar-refractivity contribution in [3.8, 4) is 11.5 Å². The van der Waals surface area contributed by atoms with Crippen molar-refractivity contribution in [1.82, 2.24) is 19.6 Å². The van der Waals surface area contributed by atoms with E-state index in [0.29, 0.717) is 47.9 Å². The van der Waals surface area contributed by atoms with E-state index >= 15 is 0 Å². The second kappa shape index (κ2) is 7.82. The van der Waals surface area contributed by atoms with E-state index in [1.165, 1.54) is 16.7 Å². The van der Waals surface area contributed by atoms with Gasteiger partial charge in [0.25, 0.3) is 5.89 Å². The number of amides is 1. The molecular weight excluding hydrogens is 403 g/mol. The fourth-order valence-electron chi connectivity index (χ4n) is 3.93. The smallest absolute Gasteiger partial charge is 0.408 e. The summed E-state index contributed by atoms with van der Waals surface area (Å²) in [7, 11) is 0. The van der Waals surface area contributed by atoms with Gasteiger partial charge in [0.1, 0.15) is 12.4 Å². The van der Waals surface area contributed by atoms with Crippen LogP contribution in [0.4, 0.5) is 4.39 Å². The number of carbonyl (C=O) groups excluding carboxylic acids is 1. The van der Waals surface area contributed by atoms with Gasteiger partial charge in [-0.2, -0.15) is 4.98 Å². The molecule has 1 aliphatic rings. The Kier molecular flexibility index (Phi) is 4.85. The Morgan fingerprint density at radius 2 is 1.97 bits per heavy atom. The van der Waals surface area contributed by atoms with Crippen LogP contribution in [0.5, 0.6) is 0 Å². The van der Waals surface area contributed by atoms with Gasteiger partial charge in [0.2, 0.25) is 5.91 Å². The van der Waals surface area contributed by atoms with Crippen LogP contribution in [0.1, 0.15) is 12.2 Å². The van der Waals surface area contributed by atoms with Crippen LogP contribution >= 0.6 is 0 Å². The zero-order chi connectivity index (χ0) is 21.4. The number of halogens is 1. The van der Waals surface area contributed by atoms with Gasteiger partial charge in [-0.3, -0.25) is 9.36 Å². The predicted molar refractivity (Wildman–Crippen MR) is 109 cm³/mol. The molecule has 0 bridgehead atoms. The first-order chi connectivity index (χ1) is 15.1. The molecule has 5 rings (SSSR count). The van der Waals surface area contributed by atoms with E-state index in [2.05, 4.69) is 10.1 Å². The Bertz CT molecular complexity index is 1290. The average Bonchev–Trinajstić information content (AvgIpc) is 3.49. The lowest BCUT2D eigenvalue weighted by atomic mass is 10.1. The summed E-state index contributed by atoms with van der Waals surface area (Å²) in [4.78, 5) is 31.0. The van der Waals surface area contributed by atoms with Gasteiger partial charge in [-0.1, -0.05) is 17.3 Å². The number of nitrogens with zero attached hydrogens (tertiary/aromatic N) is 4. The highest BCUT2D eigenvalue weighted by Gasteiger charge is 2.28. The summed E-state index contributed by atoms with van der Waals surface area (Å²) in [5.74, 6) is 0.0924. The molecule has 0 radical (unpaired) electrons. The largest absolute Gasteiger partial charge is 0.420 e. The van der Waals surface area contributed by atoms with E-state index in [9.17, 15) is 14.0 Å². The number of rotatable bonds is 5. The number of aromatic nitrogens is 3. The third-order valence-electron chi connectivity index (χ3n) is 5.54. The molecule has 2 aromatic heterocycles. The first kappa shape index (κ1) is 19.2. The number of para-hydroxylation sites is 2. The second-order valence-corrected chi connectivity index (χ2v) is 7.64. The molecule has 1 saturated heterocycles. The maximum absolute atomic E-state index is 13.1. The molecule has 31 heavy (non-hydrogen) atoms. The molecule has 4 aromatic rings. The molecule has 1 unspecified atom stereocenters. The minimum absolute atomic E-state index is 0.0561. The van der Waals surface area contributed by atoms with E-state index in [1.54, 1.807) is 41.3 Å². The van der Waals surface area contributed by atoms with Crippen LogP contribution in [-0.2, 0) is 17.8 Å². The van der Waals surface area contributed by atoms with Crippen molar-refractivity contribution in [1.29, 1.82) is 0 Å². The molecule has 3 heterocycles. The molecule has 0 N–H and O–H groups in total. The molecule has 1 fully saturated rings. The standard InChI is InChI=1S/C22H19FN4O4/c23-16-7-5-15(6-8-16)21-24-19(25-31-21)11-14-9-10-26(12-14)20(28)13-27-17-3-1-2-4-18(17)30-22(27)29/h1-8,14H,9-13H2. The van der Waals surface area contributed by atoms with Crippen molar-refractivity contribution < 1.29 is 18.1 Å². The topological polar surface area (TPSA) is 94.4 Å². The third-order valence-corrected chi connectivity index (χ3v) is 5.54. The second-order valence-electron chi connectivity index (χ2n) is 7.64. The molecular formula is C22H19FN4O4. The number of hydrogen-bond acceptors (Lipinski definition) is 6. The molecule has 0 spiro atoms. The van der Waals surface area contributed by atoms with Gasteiger partial charge in [-0.05, 0) is 48.7 Å². The van der Waals surface area contributed by atoms with Gasteiger partial charge in [-0.15, -0.1) is 0 Å². The van der Waals surface area contributed by atoms with E-state index in [1.807, 2.05) is 0 Å². The van der Waals surface area contributed by atoms with Crippen molar-refractivity contribution in [2.45, 2.75) is 19.4 Å². The number of likely N-dealkylation sites (tertiary alicyclic amines) is 1. The summed E-state index contributed by atoms with van der Waals surface area (Å²) in [5.41, 5.74) is 1.73. The Balaban J connectivity index is 1.22. The van der Waals surface area contributed by atoms with Gasteiger partial charge in [0.05, 0.1) is 5.52 Å². The van der Waals surface area contributed by atoms with E-state index < -0.39 is 5.76 Å². The average molecular weight is 422 g/mol. The van der Waals surface area contributed by atoms with Gasteiger partial charge in [0.15, 0.2) is 11.4 Å². The first-order valence-corrected chi connectivity index (χ1v) is 10.0. The fourth-order valence-corrected chi connectivity index (χ4v) is 3.93. The maximum atomic E-state index is 13.1. The normalized spacial score (nSPS) is 16.3. The van der Waals surface area contributed by atoms with E-state index in [0.717, 1.165) is 6.42 Å². The van der Waals surface area contributed by atoms with Crippen LogP contribution < -0.4 is 5.76 Å². The van der Waals surface area contributed by atoms with Gasteiger partial charge < -0.3 is 13.8 Å². The van der Waals surface area contributed by atoms with Crippen molar-refractivity contribution >= 4 is 17.0 Å². The van der Waals surface area contributed by atoms with Crippen molar-refractivity contribution in [2.24, 2.45) is 5.92 Å². The van der Waals surface area contributed by atoms with Gasteiger partial charge in [0, 0.05) is 25.1 Å². The molecule has 1 atom stereocenters. The first-order valence-electron chi connectivity index (χ1n) is 10.0. The Labute approximate surface area is 175 Å². The number of oxazole rings is 1. The minimum atomic E-state index is -0.537. The monoisotopic (exact) mass is 422 g/mol. The molecule has 1 aliphatic heterocycles. The zero-order valence-electron chi connectivity index (χ0n) is 16.5. The van der Waals surface area contributed by atoms with E-state index in [-0.39, 0.29) is 24.2 Å². The number of benzene rings is 2. The van der Waals surface area contributed by atoms with Crippen LogP contribution in [0.25, 0.3) is 22.6 Å². The quantitative estimate of drug-likeness (QED) is 0.491. The molecule has 2 aromatic carbocycles. The molecule has 1 amide bonds. The highest BCUT2D eigenvalue weighted by molar-refractivity contribution is 5.79. The number of carbonyl (C=O) groups is 1. The summed E-state index contributed by atoms with van der Waals surface area (Å²) in [6, 6.07) is 12.9.